The molecule has 132 valence electrons. The third kappa shape index (κ3) is 2.23. The Bertz CT molecular complexity index is 609. The third-order valence-corrected chi connectivity index (χ3v) is 8.18. The molecule has 6 atom stereocenters. The number of rotatable bonds is 1. The van der Waals surface area contributed by atoms with Crippen LogP contribution in [0.5, 0.6) is 0 Å². The summed E-state index contributed by atoms with van der Waals surface area (Å²) < 4.78 is 5.51. The van der Waals surface area contributed by atoms with Crippen molar-refractivity contribution in [2.75, 3.05) is 0 Å². The zero-order valence-electron chi connectivity index (χ0n) is 15.4. The number of carbonyl (C=O) groups is 1. The fraction of sp³-hybridized carbons (Fsp3) is 0.810. The molecule has 0 aromatic rings. The molecule has 1 N–H and O–H groups in total. The number of hydrogen-bond acceptors (Lipinski definition) is 3. The first kappa shape index (κ1) is 16.4. The van der Waals surface area contributed by atoms with Gasteiger partial charge in [0.15, 0.2) is 0 Å². The molecule has 6 unspecified atom stereocenters. The predicted octanol–water partition coefficient (Wildman–Crippen LogP) is 4.90. The number of nitrogens with one attached hydrogen (secondary N) is 1. The zero-order chi connectivity index (χ0) is 17.1. The Hall–Kier alpha value is -1.12. The molecular weight excluding hydrogens is 298 g/mol. The van der Waals surface area contributed by atoms with Crippen molar-refractivity contribution in [2.24, 2.45) is 28.6 Å². The van der Waals surface area contributed by atoms with E-state index in [1.54, 1.807) is 5.57 Å². The summed E-state index contributed by atoms with van der Waals surface area (Å²) in [7, 11) is 0. The molecule has 4 aliphatic rings. The predicted molar refractivity (Wildman–Crippen MR) is 95.0 cm³/mol. The highest BCUT2D eigenvalue weighted by molar-refractivity contribution is 5.89. The van der Waals surface area contributed by atoms with Crippen molar-refractivity contribution in [1.29, 1.82) is 5.41 Å². The molecule has 0 aromatic carbocycles. The van der Waals surface area contributed by atoms with Gasteiger partial charge in [-0.3, -0.25) is 4.79 Å². The maximum atomic E-state index is 11.3. The van der Waals surface area contributed by atoms with Gasteiger partial charge < -0.3 is 10.1 Å². The number of esters is 1. The second-order valence-corrected chi connectivity index (χ2v) is 9.21. The van der Waals surface area contributed by atoms with Crippen LogP contribution in [-0.2, 0) is 9.53 Å². The molecular formula is C21H31NO2. The van der Waals surface area contributed by atoms with Crippen LogP contribution in [0.15, 0.2) is 11.6 Å². The molecule has 0 aliphatic heterocycles. The maximum absolute atomic E-state index is 11.3. The minimum absolute atomic E-state index is 0.0897. The number of ether oxygens (including phenoxy) is 1. The largest absolute Gasteiger partial charge is 0.462 e. The van der Waals surface area contributed by atoms with Crippen LogP contribution in [0.1, 0.15) is 72.1 Å². The van der Waals surface area contributed by atoms with Gasteiger partial charge in [0.25, 0.3) is 0 Å². The van der Waals surface area contributed by atoms with Crippen molar-refractivity contribution in [1.82, 2.24) is 0 Å². The summed E-state index contributed by atoms with van der Waals surface area (Å²) in [5, 5.41) is 8.43. The van der Waals surface area contributed by atoms with E-state index in [1.165, 1.54) is 32.6 Å². The van der Waals surface area contributed by atoms with Crippen LogP contribution >= 0.6 is 0 Å². The van der Waals surface area contributed by atoms with Crippen molar-refractivity contribution < 1.29 is 9.53 Å². The molecule has 0 spiro atoms. The standard InChI is InChI=1S/C21H31NO2/c1-13(23)24-15-8-10-20(2)14(12-15)4-5-16-17-6-7-19(22)21(17,3)11-9-18(16)20/h4,15-18,22H,5-12H2,1-3H3. The van der Waals surface area contributed by atoms with Crippen LogP contribution in [0, 0.1) is 34.0 Å². The average molecular weight is 329 g/mol. The van der Waals surface area contributed by atoms with Crippen LogP contribution in [-0.4, -0.2) is 17.8 Å². The van der Waals surface area contributed by atoms with E-state index in [4.69, 9.17) is 10.1 Å². The summed E-state index contributed by atoms with van der Waals surface area (Å²) in [6.45, 7) is 6.36. The SMILES string of the molecule is CC(=O)OC1CCC2(C)C(=CCC3C4CCC(=N)C4(C)CCC32)C1. The van der Waals surface area contributed by atoms with Crippen molar-refractivity contribution in [3.63, 3.8) is 0 Å². The molecule has 0 heterocycles. The third-order valence-electron chi connectivity index (χ3n) is 8.18. The molecule has 0 saturated heterocycles. The molecule has 0 radical (unpaired) electrons. The Morgan fingerprint density at radius 2 is 1.88 bits per heavy atom. The summed E-state index contributed by atoms with van der Waals surface area (Å²) in [4.78, 5) is 11.3. The first-order chi connectivity index (χ1) is 11.3. The molecule has 4 rings (SSSR count). The van der Waals surface area contributed by atoms with E-state index in [1.807, 2.05) is 0 Å². The minimum atomic E-state index is -0.143. The molecule has 3 fully saturated rings. The number of fused-ring (bicyclic) bond motifs is 5. The fourth-order valence-corrected chi connectivity index (χ4v) is 6.78. The van der Waals surface area contributed by atoms with Gasteiger partial charge in [0.1, 0.15) is 6.10 Å². The highest BCUT2D eigenvalue weighted by atomic mass is 16.5. The van der Waals surface area contributed by atoms with Crippen molar-refractivity contribution in [2.45, 2.75) is 78.2 Å². The van der Waals surface area contributed by atoms with E-state index >= 15 is 0 Å². The quantitative estimate of drug-likeness (QED) is 0.549. The van der Waals surface area contributed by atoms with Gasteiger partial charge in [-0.15, -0.1) is 0 Å². The van der Waals surface area contributed by atoms with Crippen molar-refractivity contribution in [3.8, 4) is 0 Å². The van der Waals surface area contributed by atoms with Gasteiger partial charge in [-0.2, -0.15) is 0 Å². The smallest absolute Gasteiger partial charge is 0.302 e. The number of carbonyl (C=O) groups excluding carboxylic acids is 1. The molecule has 24 heavy (non-hydrogen) atoms. The topological polar surface area (TPSA) is 50.2 Å². The molecule has 0 amide bonds. The van der Waals surface area contributed by atoms with Gasteiger partial charge in [-0.25, -0.2) is 0 Å². The number of hydrogen-bond donors (Lipinski definition) is 1. The van der Waals surface area contributed by atoms with Crippen molar-refractivity contribution >= 4 is 11.7 Å². The van der Waals surface area contributed by atoms with E-state index < -0.39 is 0 Å². The molecule has 0 aromatic heterocycles. The zero-order valence-corrected chi connectivity index (χ0v) is 15.4. The van der Waals surface area contributed by atoms with E-state index in [0.29, 0.717) is 11.3 Å². The normalized spacial score (nSPS) is 47.3. The molecule has 4 aliphatic carbocycles. The summed E-state index contributed by atoms with van der Waals surface area (Å²) in [5.74, 6) is 2.09. The summed E-state index contributed by atoms with van der Waals surface area (Å²) in [6, 6.07) is 0. The van der Waals surface area contributed by atoms with E-state index in [2.05, 4.69) is 19.9 Å². The first-order valence-electron chi connectivity index (χ1n) is 9.79. The summed E-state index contributed by atoms with van der Waals surface area (Å²) >= 11 is 0. The highest BCUT2D eigenvalue weighted by Crippen LogP contribution is 2.64. The monoisotopic (exact) mass is 329 g/mol. The Morgan fingerprint density at radius 1 is 1.17 bits per heavy atom. The van der Waals surface area contributed by atoms with Gasteiger partial charge >= 0.3 is 5.97 Å². The van der Waals surface area contributed by atoms with Crippen LogP contribution in [0.2, 0.25) is 0 Å². The van der Waals surface area contributed by atoms with Crippen LogP contribution in [0.25, 0.3) is 0 Å². The van der Waals surface area contributed by atoms with E-state index in [0.717, 1.165) is 43.2 Å². The Balaban J connectivity index is 1.60. The second kappa shape index (κ2) is 5.44. The lowest BCUT2D eigenvalue weighted by Gasteiger charge is -2.57. The Labute approximate surface area is 145 Å². The fourth-order valence-electron chi connectivity index (χ4n) is 6.78. The molecule has 0 bridgehead atoms. The highest BCUT2D eigenvalue weighted by Gasteiger charge is 2.57. The lowest BCUT2D eigenvalue weighted by molar-refractivity contribution is -0.148. The maximum Gasteiger partial charge on any atom is 0.302 e. The molecule has 3 nitrogen and oxygen atoms in total. The number of allylic oxidation sites excluding steroid dienone is 1. The lowest BCUT2D eigenvalue weighted by atomic mass is 9.48. The van der Waals surface area contributed by atoms with Gasteiger partial charge in [-0.1, -0.05) is 25.5 Å². The minimum Gasteiger partial charge on any atom is -0.462 e. The van der Waals surface area contributed by atoms with Gasteiger partial charge in [0.05, 0.1) is 0 Å². The second-order valence-electron chi connectivity index (χ2n) is 9.21. The summed E-state index contributed by atoms with van der Waals surface area (Å²) in [5.41, 5.74) is 3.05. The molecule has 3 heteroatoms. The van der Waals surface area contributed by atoms with Crippen LogP contribution < -0.4 is 0 Å². The first-order valence-corrected chi connectivity index (χ1v) is 9.79. The Kier molecular flexibility index (Phi) is 3.71. The van der Waals surface area contributed by atoms with Gasteiger partial charge in [0, 0.05) is 24.5 Å². The van der Waals surface area contributed by atoms with Gasteiger partial charge in [0.2, 0.25) is 0 Å². The Morgan fingerprint density at radius 3 is 2.62 bits per heavy atom. The van der Waals surface area contributed by atoms with E-state index in [9.17, 15) is 4.79 Å². The van der Waals surface area contributed by atoms with Crippen LogP contribution in [0.3, 0.4) is 0 Å². The van der Waals surface area contributed by atoms with Crippen molar-refractivity contribution in [3.05, 3.63) is 11.6 Å². The van der Waals surface area contributed by atoms with E-state index in [-0.39, 0.29) is 17.5 Å². The van der Waals surface area contributed by atoms with Gasteiger partial charge in [-0.05, 0) is 68.1 Å². The average Bonchev–Trinajstić information content (AvgIpc) is 2.83. The van der Waals surface area contributed by atoms with Crippen LogP contribution in [0.4, 0.5) is 0 Å². The molecule has 3 saturated carbocycles. The lowest BCUT2D eigenvalue weighted by Crippen LogP contribution is -2.50. The summed E-state index contributed by atoms with van der Waals surface area (Å²) in [6.07, 6.45) is 11.6.